The van der Waals surface area contributed by atoms with Gasteiger partial charge in [0, 0.05) is 17.0 Å². The predicted octanol–water partition coefficient (Wildman–Crippen LogP) is 3.52. The number of carbonyl (C=O) groups excluding carboxylic acids is 2. The molecule has 0 radical (unpaired) electrons. The van der Waals surface area contributed by atoms with Gasteiger partial charge in [0.1, 0.15) is 12.1 Å². The van der Waals surface area contributed by atoms with Gasteiger partial charge in [-0.15, -0.1) is 0 Å². The van der Waals surface area contributed by atoms with E-state index in [1.807, 2.05) is 42.5 Å². The average Bonchev–Trinajstić information content (AvgIpc) is 2.55. The first-order valence-corrected chi connectivity index (χ1v) is 8.01. The molecule has 0 saturated heterocycles. The Hall–Kier alpha value is -1.98. The van der Waals surface area contributed by atoms with Crippen molar-refractivity contribution in [3.63, 3.8) is 0 Å². The van der Waals surface area contributed by atoms with Gasteiger partial charge in [0.25, 0.3) is 0 Å². The van der Waals surface area contributed by atoms with Gasteiger partial charge in [0.15, 0.2) is 5.78 Å². The van der Waals surface area contributed by atoms with Crippen LogP contribution in [0.1, 0.15) is 28.9 Å². The summed E-state index contributed by atoms with van der Waals surface area (Å²) in [5.74, 6) is -0.558. The van der Waals surface area contributed by atoms with E-state index in [1.165, 1.54) is 6.92 Å². The molecular weight excluding hydrogens is 358 g/mol. The van der Waals surface area contributed by atoms with Crippen LogP contribution in [0.4, 0.5) is 0 Å². The first-order valence-electron chi connectivity index (χ1n) is 7.22. The Bertz CT molecular complexity index is 670. The van der Waals surface area contributed by atoms with Crippen molar-refractivity contribution in [2.45, 2.75) is 19.1 Å². The summed E-state index contributed by atoms with van der Waals surface area (Å²) in [6.07, 6.45) is -0.685. The van der Waals surface area contributed by atoms with Crippen LogP contribution in [-0.2, 0) is 9.53 Å². The fraction of sp³-hybridized carbons (Fsp3) is 0.222. The number of carbonyl (C=O) groups is 2. The van der Waals surface area contributed by atoms with Crippen molar-refractivity contribution >= 4 is 27.7 Å². The van der Waals surface area contributed by atoms with E-state index in [9.17, 15) is 9.59 Å². The van der Waals surface area contributed by atoms with E-state index in [1.54, 1.807) is 19.2 Å². The maximum Gasteiger partial charge on any atom is 0.303 e. The highest BCUT2D eigenvalue weighted by atomic mass is 79.9. The lowest BCUT2D eigenvalue weighted by Gasteiger charge is -2.26. The van der Waals surface area contributed by atoms with Gasteiger partial charge in [-0.25, -0.2) is 0 Å². The smallest absolute Gasteiger partial charge is 0.303 e. The maximum atomic E-state index is 12.8. The molecule has 0 amide bonds. The Labute approximate surface area is 144 Å². The standard InChI is InChI=1S/C18H18BrNO3/c1-12(21)23-18(14-6-4-3-5-7-14)16(20-2)17(22)13-8-10-15(19)11-9-13/h3-11,16,18,20H,1-2H3/t16-,18-/m0/s1. The number of ketones is 1. The lowest BCUT2D eigenvalue weighted by molar-refractivity contribution is -0.147. The molecule has 0 heterocycles. The zero-order valence-electron chi connectivity index (χ0n) is 13.0. The number of nitrogens with one attached hydrogen (secondary N) is 1. The quantitative estimate of drug-likeness (QED) is 0.619. The van der Waals surface area contributed by atoms with E-state index < -0.39 is 18.1 Å². The molecule has 0 aliphatic heterocycles. The van der Waals surface area contributed by atoms with Crippen molar-refractivity contribution in [1.29, 1.82) is 0 Å². The van der Waals surface area contributed by atoms with E-state index in [4.69, 9.17) is 4.74 Å². The molecule has 2 aromatic rings. The second kappa shape index (κ2) is 8.04. The second-order valence-electron chi connectivity index (χ2n) is 5.08. The zero-order valence-corrected chi connectivity index (χ0v) is 14.5. The molecular formula is C18H18BrNO3. The van der Waals surface area contributed by atoms with Crippen LogP contribution < -0.4 is 5.32 Å². The lowest BCUT2D eigenvalue weighted by atomic mass is 9.95. The number of benzene rings is 2. The van der Waals surface area contributed by atoms with Crippen molar-refractivity contribution in [3.8, 4) is 0 Å². The fourth-order valence-electron chi connectivity index (χ4n) is 2.36. The van der Waals surface area contributed by atoms with E-state index >= 15 is 0 Å². The van der Waals surface area contributed by atoms with E-state index in [-0.39, 0.29) is 5.78 Å². The number of hydrogen-bond donors (Lipinski definition) is 1. The van der Waals surface area contributed by atoms with E-state index in [2.05, 4.69) is 21.2 Å². The van der Waals surface area contributed by atoms with Gasteiger partial charge in [-0.2, -0.15) is 0 Å². The van der Waals surface area contributed by atoms with E-state index in [0.717, 1.165) is 10.0 Å². The predicted molar refractivity (Wildman–Crippen MR) is 92.3 cm³/mol. The zero-order chi connectivity index (χ0) is 16.8. The Balaban J connectivity index is 2.35. The normalized spacial score (nSPS) is 13.2. The van der Waals surface area contributed by atoms with Crippen LogP contribution in [0.15, 0.2) is 59.1 Å². The minimum atomic E-state index is -0.685. The van der Waals surface area contributed by atoms with Crippen LogP contribution in [-0.4, -0.2) is 24.8 Å². The molecule has 5 heteroatoms. The van der Waals surface area contributed by atoms with Crippen molar-refractivity contribution in [3.05, 3.63) is 70.2 Å². The highest BCUT2D eigenvalue weighted by Crippen LogP contribution is 2.24. The Morgan fingerprint density at radius 2 is 1.65 bits per heavy atom. The van der Waals surface area contributed by atoms with Crippen LogP contribution in [0.3, 0.4) is 0 Å². The van der Waals surface area contributed by atoms with E-state index in [0.29, 0.717) is 5.56 Å². The minimum Gasteiger partial charge on any atom is -0.455 e. The molecule has 0 spiro atoms. The minimum absolute atomic E-state index is 0.130. The summed E-state index contributed by atoms with van der Waals surface area (Å²) in [5, 5.41) is 2.98. The summed E-state index contributed by atoms with van der Waals surface area (Å²) in [5.41, 5.74) is 1.33. The van der Waals surface area contributed by atoms with Gasteiger partial charge < -0.3 is 10.1 Å². The molecule has 0 bridgehead atoms. The number of ether oxygens (including phenoxy) is 1. The highest BCUT2D eigenvalue weighted by Gasteiger charge is 2.31. The van der Waals surface area contributed by atoms with Crippen LogP contribution in [0.25, 0.3) is 0 Å². The third kappa shape index (κ3) is 4.50. The summed E-state index contributed by atoms with van der Waals surface area (Å²) in [6.45, 7) is 1.34. The average molecular weight is 376 g/mol. The molecule has 0 unspecified atom stereocenters. The second-order valence-corrected chi connectivity index (χ2v) is 5.99. The van der Waals surface area contributed by atoms with Gasteiger partial charge in [0.05, 0.1) is 0 Å². The number of esters is 1. The monoisotopic (exact) mass is 375 g/mol. The first kappa shape index (κ1) is 17.4. The summed E-state index contributed by atoms with van der Waals surface area (Å²) < 4.78 is 6.32. The largest absolute Gasteiger partial charge is 0.455 e. The van der Waals surface area contributed by atoms with Gasteiger partial charge >= 0.3 is 5.97 Å². The number of likely N-dealkylation sites (N-methyl/N-ethyl adjacent to an activating group) is 1. The number of rotatable bonds is 6. The Morgan fingerprint density at radius 3 is 2.17 bits per heavy atom. The molecule has 120 valence electrons. The summed E-state index contributed by atoms with van der Waals surface area (Å²) in [6, 6.07) is 15.7. The van der Waals surface area contributed by atoms with Crippen LogP contribution in [0.2, 0.25) is 0 Å². The molecule has 0 fully saturated rings. The van der Waals surface area contributed by atoms with Crippen molar-refractivity contribution in [1.82, 2.24) is 5.32 Å². The highest BCUT2D eigenvalue weighted by molar-refractivity contribution is 9.10. The summed E-state index contributed by atoms with van der Waals surface area (Å²) in [4.78, 5) is 24.3. The third-order valence-electron chi connectivity index (χ3n) is 3.45. The molecule has 2 aromatic carbocycles. The van der Waals surface area contributed by atoms with Crippen molar-refractivity contribution < 1.29 is 14.3 Å². The SMILES string of the molecule is CN[C@@H](C(=O)c1ccc(Br)cc1)[C@@H](OC(C)=O)c1ccccc1. The summed E-state index contributed by atoms with van der Waals surface area (Å²) in [7, 11) is 1.68. The molecule has 0 aromatic heterocycles. The molecule has 0 saturated carbocycles. The van der Waals surface area contributed by atoms with Crippen LogP contribution in [0.5, 0.6) is 0 Å². The van der Waals surface area contributed by atoms with Crippen molar-refractivity contribution in [2.24, 2.45) is 0 Å². The molecule has 2 atom stereocenters. The number of Topliss-reactive ketones (excluding diaryl/α,β-unsaturated/α-hetero) is 1. The van der Waals surface area contributed by atoms with Crippen LogP contribution >= 0.6 is 15.9 Å². The maximum absolute atomic E-state index is 12.8. The molecule has 1 N–H and O–H groups in total. The Morgan fingerprint density at radius 1 is 1.04 bits per heavy atom. The fourth-order valence-corrected chi connectivity index (χ4v) is 2.63. The first-order chi connectivity index (χ1) is 11.0. The topological polar surface area (TPSA) is 55.4 Å². The summed E-state index contributed by atoms with van der Waals surface area (Å²) >= 11 is 3.35. The third-order valence-corrected chi connectivity index (χ3v) is 3.97. The van der Waals surface area contributed by atoms with Crippen molar-refractivity contribution in [2.75, 3.05) is 7.05 Å². The molecule has 2 rings (SSSR count). The van der Waals surface area contributed by atoms with Gasteiger partial charge in [-0.1, -0.05) is 58.4 Å². The molecule has 0 aliphatic rings. The molecule has 0 aliphatic carbocycles. The van der Waals surface area contributed by atoms with Gasteiger partial charge in [-0.3, -0.25) is 9.59 Å². The van der Waals surface area contributed by atoms with Gasteiger partial charge in [0.2, 0.25) is 0 Å². The van der Waals surface area contributed by atoms with Crippen LogP contribution in [0, 0.1) is 0 Å². The Kier molecular flexibility index (Phi) is 6.07. The number of hydrogen-bond acceptors (Lipinski definition) is 4. The molecule has 23 heavy (non-hydrogen) atoms. The molecule has 4 nitrogen and oxygen atoms in total. The number of halogens is 1. The van der Waals surface area contributed by atoms with Gasteiger partial charge in [-0.05, 0) is 24.7 Å². The lowest BCUT2D eigenvalue weighted by Crippen LogP contribution is -2.41.